The predicted octanol–water partition coefficient (Wildman–Crippen LogP) is 3.43. The normalized spacial score (nSPS) is 27.5. The number of carbonyl (C=O) groups is 1. The molecule has 0 radical (unpaired) electrons. The Balaban J connectivity index is 2.12. The van der Waals surface area contributed by atoms with Crippen LogP contribution in [-0.4, -0.2) is 26.1 Å². The summed E-state index contributed by atoms with van der Waals surface area (Å²) in [6.45, 7) is 6.76. The van der Waals surface area contributed by atoms with Crippen LogP contribution in [0.4, 0.5) is 0 Å². The van der Waals surface area contributed by atoms with Gasteiger partial charge in [0.15, 0.2) is 0 Å². The van der Waals surface area contributed by atoms with Gasteiger partial charge < -0.3 is 5.11 Å². The van der Waals surface area contributed by atoms with Crippen LogP contribution in [0.25, 0.3) is 0 Å². The zero-order chi connectivity index (χ0) is 14.9. The van der Waals surface area contributed by atoms with Gasteiger partial charge in [-0.2, -0.15) is 5.10 Å². The van der Waals surface area contributed by atoms with E-state index in [1.165, 1.54) is 0 Å². The van der Waals surface area contributed by atoms with E-state index in [1.54, 1.807) is 16.4 Å². The van der Waals surface area contributed by atoms with Crippen molar-refractivity contribution in [3.63, 3.8) is 0 Å². The maximum atomic E-state index is 11.5. The SMILES string of the molecule is Cn1cc(SC2CC(C(C)(C)C)CCC2C(=O)O)cn1. The molecule has 3 atom stereocenters. The van der Waals surface area contributed by atoms with Crippen molar-refractivity contribution in [2.45, 2.75) is 50.2 Å². The number of hydrogen-bond acceptors (Lipinski definition) is 3. The lowest BCUT2D eigenvalue weighted by molar-refractivity contribution is -0.143. The summed E-state index contributed by atoms with van der Waals surface area (Å²) >= 11 is 1.68. The van der Waals surface area contributed by atoms with E-state index < -0.39 is 5.97 Å². The van der Waals surface area contributed by atoms with E-state index in [0.717, 1.165) is 24.2 Å². The van der Waals surface area contributed by atoms with E-state index >= 15 is 0 Å². The predicted molar refractivity (Wildman–Crippen MR) is 80.8 cm³/mol. The number of rotatable bonds is 3. The van der Waals surface area contributed by atoms with Crippen molar-refractivity contribution in [2.75, 3.05) is 0 Å². The van der Waals surface area contributed by atoms with Gasteiger partial charge in [-0.1, -0.05) is 20.8 Å². The maximum Gasteiger partial charge on any atom is 0.307 e. The zero-order valence-electron chi connectivity index (χ0n) is 12.7. The highest BCUT2D eigenvalue weighted by Gasteiger charge is 2.39. The fraction of sp³-hybridized carbons (Fsp3) is 0.733. The number of hydrogen-bond donors (Lipinski definition) is 1. The van der Waals surface area contributed by atoms with Crippen molar-refractivity contribution in [1.29, 1.82) is 0 Å². The molecule has 1 N–H and O–H groups in total. The quantitative estimate of drug-likeness (QED) is 0.928. The Morgan fingerprint density at radius 3 is 2.65 bits per heavy atom. The maximum absolute atomic E-state index is 11.5. The Morgan fingerprint density at radius 2 is 2.15 bits per heavy atom. The summed E-state index contributed by atoms with van der Waals surface area (Å²) < 4.78 is 1.77. The summed E-state index contributed by atoms with van der Waals surface area (Å²) in [5, 5.41) is 13.8. The van der Waals surface area contributed by atoms with Crippen LogP contribution in [0, 0.1) is 17.3 Å². The first-order valence-corrected chi connectivity index (χ1v) is 8.03. The van der Waals surface area contributed by atoms with E-state index in [2.05, 4.69) is 25.9 Å². The molecule has 1 aliphatic carbocycles. The van der Waals surface area contributed by atoms with Crippen molar-refractivity contribution in [3.05, 3.63) is 12.4 Å². The number of carboxylic acids is 1. The molecule has 1 aromatic rings. The molecule has 0 aromatic carbocycles. The lowest BCUT2D eigenvalue weighted by Crippen LogP contribution is -2.37. The molecule has 2 rings (SSSR count). The van der Waals surface area contributed by atoms with Gasteiger partial charge in [-0.15, -0.1) is 11.8 Å². The van der Waals surface area contributed by atoms with Crippen LogP contribution in [0.15, 0.2) is 17.3 Å². The summed E-state index contributed by atoms with van der Waals surface area (Å²) in [5.41, 5.74) is 0.247. The molecule has 0 amide bonds. The molecular weight excluding hydrogens is 272 g/mol. The van der Waals surface area contributed by atoms with Gasteiger partial charge >= 0.3 is 5.97 Å². The molecule has 1 saturated carbocycles. The van der Waals surface area contributed by atoms with Gasteiger partial charge in [0.2, 0.25) is 0 Å². The van der Waals surface area contributed by atoms with Crippen molar-refractivity contribution in [3.8, 4) is 0 Å². The van der Waals surface area contributed by atoms with E-state index in [1.807, 2.05) is 19.4 Å². The molecule has 5 heteroatoms. The molecular formula is C15H24N2O2S. The molecule has 0 spiro atoms. The lowest BCUT2D eigenvalue weighted by Gasteiger charge is -2.40. The minimum atomic E-state index is -0.654. The average molecular weight is 296 g/mol. The third-order valence-electron chi connectivity index (χ3n) is 4.30. The van der Waals surface area contributed by atoms with Crippen molar-refractivity contribution < 1.29 is 9.90 Å². The second-order valence-corrected chi connectivity index (χ2v) is 8.14. The van der Waals surface area contributed by atoms with Crippen LogP contribution in [0.3, 0.4) is 0 Å². The Labute approximate surface area is 124 Å². The van der Waals surface area contributed by atoms with Crippen LogP contribution < -0.4 is 0 Å². The van der Waals surface area contributed by atoms with Crippen LogP contribution in [0.2, 0.25) is 0 Å². The molecule has 1 aliphatic rings. The van der Waals surface area contributed by atoms with E-state index in [9.17, 15) is 9.90 Å². The van der Waals surface area contributed by atoms with Crippen LogP contribution >= 0.6 is 11.8 Å². The number of thioether (sulfide) groups is 1. The van der Waals surface area contributed by atoms with Crippen LogP contribution in [0.1, 0.15) is 40.0 Å². The van der Waals surface area contributed by atoms with Gasteiger partial charge in [0.05, 0.1) is 12.1 Å². The zero-order valence-corrected chi connectivity index (χ0v) is 13.5. The molecule has 0 aliphatic heterocycles. The lowest BCUT2D eigenvalue weighted by atomic mass is 9.69. The molecule has 20 heavy (non-hydrogen) atoms. The van der Waals surface area contributed by atoms with E-state index in [0.29, 0.717) is 5.92 Å². The number of aliphatic carboxylic acids is 1. The highest BCUT2D eigenvalue weighted by molar-refractivity contribution is 8.00. The summed E-state index contributed by atoms with van der Waals surface area (Å²) in [4.78, 5) is 12.6. The number of nitrogens with zero attached hydrogens (tertiary/aromatic N) is 2. The summed E-state index contributed by atoms with van der Waals surface area (Å²) in [7, 11) is 1.89. The molecule has 0 bridgehead atoms. The largest absolute Gasteiger partial charge is 0.481 e. The second kappa shape index (κ2) is 5.80. The molecule has 112 valence electrons. The monoisotopic (exact) mass is 296 g/mol. The number of aryl methyl sites for hydroxylation is 1. The van der Waals surface area contributed by atoms with Crippen molar-refractivity contribution in [2.24, 2.45) is 24.3 Å². The standard InChI is InChI=1S/C15H24N2O2S/c1-15(2,3)10-5-6-12(14(18)19)13(7-10)20-11-8-16-17(4)9-11/h8-10,12-13H,5-7H2,1-4H3,(H,18,19). The van der Waals surface area contributed by atoms with Crippen LogP contribution in [-0.2, 0) is 11.8 Å². The molecule has 0 saturated heterocycles. The van der Waals surface area contributed by atoms with E-state index in [4.69, 9.17) is 0 Å². The Kier molecular flexibility index (Phi) is 4.47. The fourth-order valence-electron chi connectivity index (χ4n) is 2.96. The van der Waals surface area contributed by atoms with Gasteiger partial charge in [-0.25, -0.2) is 0 Å². The number of aromatic nitrogens is 2. The van der Waals surface area contributed by atoms with E-state index in [-0.39, 0.29) is 16.6 Å². The topological polar surface area (TPSA) is 55.1 Å². The van der Waals surface area contributed by atoms with Gasteiger partial charge in [0.25, 0.3) is 0 Å². The van der Waals surface area contributed by atoms with Crippen molar-refractivity contribution >= 4 is 17.7 Å². The van der Waals surface area contributed by atoms with Gasteiger partial charge in [0, 0.05) is 23.4 Å². The number of carboxylic acid groups (broad SMARTS) is 1. The van der Waals surface area contributed by atoms with Gasteiger partial charge in [0.1, 0.15) is 0 Å². The molecule has 1 heterocycles. The minimum absolute atomic E-state index is 0.148. The summed E-state index contributed by atoms with van der Waals surface area (Å²) in [6.07, 6.45) is 6.56. The Bertz CT molecular complexity index is 478. The fourth-order valence-corrected chi connectivity index (χ4v) is 4.38. The summed E-state index contributed by atoms with van der Waals surface area (Å²) in [5.74, 6) is -0.301. The molecule has 3 unspecified atom stereocenters. The third-order valence-corrected chi connectivity index (χ3v) is 5.61. The summed E-state index contributed by atoms with van der Waals surface area (Å²) in [6, 6.07) is 0. The van der Waals surface area contributed by atoms with Gasteiger partial charge in [-0.05, 0) is 30.6 Å². The Morgan fingerprint density at radius 1 is 1.45 bits per heavy atom. The average Bonchev–Trinajstić information content (AvgIpc) is 2.73. The highest BCUT2D eigenvalue weighted by atomic mass is 32.2. The van der Waals surface area contributed by atoms with Crippen LogP contribution in [0.5, 0.6) is 0 Å². The van der Waals surface area contributed by atoms with Crippen molar-refractivity contribution in [1.82, 2.24) is 9.78 Å². The second-order valence-electron chi connectivity index (χ2n) is 6.83. The molecule has 1 fully saturated rings. The first-order valence-electron chi connectivity index (χ1n) is 7.15. The third kappa shape index (κ3) is 3.57. The molecule has 4 nitrogen and oxygen atoms in total. The smallest absolute Gasteiger partial charge is 0.307 e. The van der Waals surface area contributed by atoms with Gasteiger partial charge in [-0.3, -0.25) is 9.48 Å². The first-order chi connectivity index (χ1) is 9.27. The highest BCUT2D eigenvalue weighted by Crippen LogP contribution is 2.45. The minimum Gasteiger partial charge on any atom is -0.481 e. The first kappa shape index (κ1) is 15.4. The Hall–Kier alpha value is -0.970. The molecule has 1 aromatic heterocycles.